The van der Waals surface area contributed by atoms with Gasteiger partial charge in [-0.2, -0.15) is 0 Å². The molecular formula is C31H26N4O5S. The predicted octanol–water partition coefficient (Wildman–Crippen LogP) is 5.70. The van der Waals surface area contributed by atoms with Crippen molar-refractivity contribution in [2.45, 2.75) is 26.5 Å². The average molecular weight is 567 g/mol. The molecule has 1 N–H and O–H groups in total. The van der Waals surface area contributed by atoms with E-state index < -0.39 is 17.7 Å². The van der Waals surface area contributed by atoms with Gasteiger partial charge in [-0.05, 0) is 49.2 Å². The molecule has 1 amide bonds. The predicted molar refractivity (Wildman–Crippen MR) is 155 cm³/mol. The summed E-state index contributed by atoms with van der Waals surface area (Å²) in [5.41, 5.74) is 2.97. The summed E-state index contributed by atoms with van der Waals surface area (Å²) in [6.07, 6.45) is 3.32. The maximum Gasteiger partial charge on any atom is 0.301 e. The van der Waals surface area contributed by atoms with Crippen LogP contribution in [0, 0.1) is 6.92 Å². The lowest BCUT2D eigenvalue weighted by atomic mass is 9.96. The zero-order chi connectivity index (χ0) is 28.5. The van der Waals surface area contributed by atoms with Gasteiger partial charge in [0.05, 0.1) is 23.9 Å². The van der Waals surface area contributed by atoms with Crippen molar-refractivity contribution in [1.82, 2.24) is 14.4 Å². The number of thiazole rings is 1. The van der Waals surface area contributed by atoms with E-state index in [4.69, 9.17) is 9.47 Å². The number of Topliss-reactive ketones (excluding diaryl/α,β-unsaturated/α-hetero) is 1. The van der Waals surface area contributed by atoms with E-state index in [1.807, 2.05) is 43.3 Å². The van der Waals surface area contributed by atoms with Gasteiger partial charge in [0.2, 0.25) is 0 Å². The molecule has 0 radical (unpaired) electrons. The minimum Gasteiger partial charge on any atom is -0.505 e. The highest BCUT2D eigenvalue weighted by atomic mass is 32.1. The number of hydrogen-bond donors (Lipinski definition) is 1. The van der Waals surface area contributed by atoms with Crippen LogP contribution in [0.5, 0.6) is 11.5 Å². The van der Waals surface area contributed by atoms with Gasteiger partial charge in [0.15, 0.2) is 22.4 Å². The largest absolute Gasteiger partial charge is 0.505 e. The Morgan fingerprint density at radius 3 is 2.59 bits per heavy atom. The number of anilines is 1. The number of aromatic nitrogens is 3. The molecule has 41 heavy (non-hydrogen) atoms. The molecule has 206 valence electrons. The Labute approximate surface area is 239 Å². The lowest BCUT2D eigenvalue weighted by Crippen LogP contribution is -2.29. The minimum atomic E-state index is -0.961. The standard InChI is InChI=1S/C31H26N4O5S/c1-3-39-23-17-21(12-13-22(23)40-18-20-9-5-4-6-10-20)27-25(29(37)30(38)35(27)31-32-14-16-41-31)28(36)26-19(2)33-24-11-7-8-15-34(24)26/h4-17,27,36H,3,18H2,1-2H3. The first kappa shape index (κ1) is 26.3. The average Bonchev–Trinajstić information content (AvgIpc) is 3.69. The fourth-order valence-electron chi connectivity index (χ4n) is 5.02. The highest BCUT2D eigenvalue weighted by Crippen LogP contribution is 2.45. The van der Waals surface area contributed by atoms with Crippen molar-refractivity contribution in [2.24, 2.45) is 0 Å². The van der Waals surface area contributed by atoms with Gasteiger partial charge in [-0.25, -0.2) is 9.97 Å². The fraction of sp³-hybridized carbons (Fsp3) is 0.161. The van der Waals surface area contributed by atoms with Crippen molar-refractivity contribution < 1.29 is 24.2 Å². The number of aryl methyl sites for hydroxylation is 1. The van der Waals surface area contributed by atoms with E-state index in [0.717, 1.165) is 5.56 Å². The number of aliphatic hydroxyl groups excluding tert-OH is 1. The molecule has 1 atom stereocenters. The first-order valence-electron chi connectivity index (χ1n) is 13.1. The lowest BCUT2D eigenvalue weighted by molar-refractivity contribution is -0.132. The molecule has 0 aliphatic carbocycles. The first-order valence-corrected chi connectivity index (χ1v) is 13.9. The quantitative estimate of drug-likeness (QED) is 0.146. The summed E-state index contributed by atoms with van der Waals surface area (Å²) in [6, 6.07) is 19.5. The van der Waals surface area contributed by atoms with Gasteiger partial charge in [-0.15, -0.1) is 11.3 Å². The first-order chi connectivity index (χ1) is 20.0. The van der Waals surface area contributed by atoms with Gasteiger partial charge in [-0.3, -0.25) is 18.9 Å². The van der Waals surface area contributed by atoms with Crippen LogP contribution in [0.15, 0.2) is 90.1 Å². The number of amides is 1. The molecule has 9 nitrogen and oxygen atoms in total. The number of ether oxygens (including phenoxy) is 2. The van der Waals surface area contributed by atoms with Crippen molar-refractivity contribution in [3.05, 3.63) is 113 Å². The number of carbonyl (C=O) groups excluding carboxylic acids is 2. The molecular weight excluding hydrogens is 540 g/mol. The maximum atomic E-state index is 13.6. The van der Waals surface area contributed by atoms with Crippen molar-refractivity contribution in [3.63, 3.8) is 0 Å². The number of rotatable bonds is 8. The maximum absolute atomic E-state index is 13.6. The molecule has 0 saturated carbocycles. The Morgan fingerprint density at radius 2 is 1.83 bits per heavy atom. The smallest absolute Gasteiger partial charge is 0.301 e. The van der Waals surface area contributed by atoms with Crippen molar-refractivity contribution in [1.29, 1.82) is 0 Å². The third-order valence-electron chi connectivity index (χ3n) is 6.82. The zero-order valence-corrected chi connectivity index (χ0v) is 23.2. The number of pyridine rings is 1. The number of aliphatic hydroxyl groups is 1. The van der Waals surface area contributed by atoms with Crippen molar-refractivity contribution >= 4 is 39.6 Å². The van der Waals surface area contributed by atoms with Crippen LogP contribution in [0.25, 0.3) is 11.4 Å². The van der Waals surface area contributed by atoms with Gasteiger partial charge >= 0.3 is 5.91 Å². The molecule has 10 heteroatoms. The number of ketones is 1. The van der Waals surface area contributed by atoms with E-state index in [9.17, 15) is 14.7 Å². The van der Waals surface area contributed by atoms with Crippen LogP contribution >= 0.6 is 11.3 Å². The van der Waals surface area contributed by atoms with Gasteiger partial charge in [0, 0.05) is 17.8 Å². The second-order valence-electron chi connectivity index (χ2n) is 9.37. The molecule has 2 aromatic carbocycles. The molecule has 1 saturated heterocycles. The summed E-state index contributed by atoms with van der Waals surface area (Å²) in [7, 11) is 0. The minimum absolute atomic E-state index is 0.0562. The Bertz CT molecular complexity index is 1780. The zero-order valence-electron chi connectivity index (χ0n) is 22.4. The Morgan fingerprint density at radius 1 is 1.02 bits per heavy atom. The monoisotopic (exact) mass is 566 g/mol. The molecule has 1 unspecified atom stereocenters. The van der Waals surface area contributed by atoms with Crippen LogP contribution < -0.4 is 14.4 Å². The van der Waals surface area contributed by atoms with Crippen LogP contribution in [-0.4, -0.2) is 37.8 Å². The number of benzene rings is 2. The lowest BCUT2D eigenvalue weighted by Gasteiger charge is -2.24. The second kappa shape index (κ2) is 10.9. The van der Waals surface area contributed by atoms with Crippen LogP contribution in [0.1, 0.15) is 35.5 Å². The van der Waals surface area contributed by atoms with Crippen molar-refractivity contribution in [3.8, 4) is 11.5 Å². The number of fused-ring (bicyclic) bond motifs is 1. The summed E-state index contributed by atoms with van der Waals surface area (Å²) in [5.74, 6) is -0.929. The van der Waals surface area contributed by atoms with Crippen LogP contribution in [0.2, 0.25) is 0 Å². The summed E-state index contributed by atoms with van der Waals surface area (Å²) in [4.78, 5) is 37.2. The van der Waals surface area contributed by atoms with E-state index in [2.05, 4.69) is 9.97 Å². The highest BCUT2D eigenvalue weighted by Gasteiger charge is 2.48. The van der Waals surface area contributed by atoms with E-state index in [1.54, 1.807) is 59.4 Å². The van der Waals surface area contributed by atoms with Gasteiger partial charge < -0.3 is 14.6 Å². The topological polar surface area (TPSA) is 106 Å². The fourth-order valence-corrected chi connectivity index (χ4v) is 5.69. The molecule has 1 aliphatic heterocycles. The van der Waals surface area contributed by atoms with E-state index in [-0.39, 0.29) is 11.3 Å². The molecule has 0 bridgehead atoms. The summed E-state index contributed by atoms with van der Waals surface area (Å²) >= 11 is 1.23. The van der Waals surface area contributed by atoms with Gasteiger partial charge in [0.1, 0.15) is 17.9 Å². The third-order valence-corrected chi connectivity index (χ3v) is 7.59. The van der Waals surface area contributed by atoms with E-state index in [0.29, 0.717) is 52.4 Å². The number of nitrogens with zero attached hydrogens (tertiary/aromatic N) is 4. The Kier molecular flexibility index (Phi) is 6.98. The molecule has 1 aliphatic rings. The normalized spacial score (nSPS) is 16.4. The van der Waals surface area contributed by atoms with Crippen LogP contribution in [0.4, 0.5) is 5.13 Å². The summed E-state index contributed by atoms with van der Waals surface area (Å²) in [5, 5.41) is 13.8. The van der Waals surface area contributed by atoms with E-state index >= 15 is 0 Å². The van der Waals surface area contributed by atoms with E-state index in [1.165, 1.54) is 16.2 Å². The van der Waals surface area contributed by atoms with Gasteiger partial charge in [-0.1, -0.05) is 42.5 Å². The highest BCUT2D eigenvalue weighted by molar-refractivity contribution is 7.14. The second-order valence-corrected chi connectivity index (χ2v) is 10.2. The molecule has 0 spiro atoms. The number of imidazole rings is 1. The SMILES string of the molecule is CCOc1cc(C2C(=C(O)c3c(C)nc4ccccn34)C(=O)C(=O)N2c2nccs2)ccc1OCc1ccccc1. The van der Waals surface area contributed by atoms with Crippen LogP contribution in [0.3, 0.4) is 0 Å². The molecule has 4 heterocycles. The van der Waals surface area contributed by atoms with Crippen molar-refractivity contribution in [2.75, 3.05) is 11.5 Å². The molecule has 6 rings (SSSR count). The van der Waals surface area contributed by atoms with Crippen LogP contribution in [-0.2, 0) is 16.2 Å². The number of carbonyl (C=O) groups is 2. The Balaban J connectivity index is 1.49. The summed E-state index contributed by atoms with van der Waals surface area (Å²) < 4.78 is 13.7. The third kappa shape index (κ3) is 4.72. The molecule has 3 aromatic heterocycles. The molecule has 5 aromatic rings. The Hall–Kier alpha value is -4.96. The van der Waals surface area contributed by atoms with Gasteiger partial charge in [0.25, 0.3) is 5.78 Å². The molecule has 1 fully saturated rings. The summed E-state index contributed by atoms with van der Waals surface area (Å²) in [6.45, 7) is 4.33. The number of hydrogen-bond acceptors (Lipinski definition) is 8.